The molecule has 0 saturated carbocycles. The molecule has 0 aromatic heterocycles. The second-order valence-electron chi connectivity index (χ2n) is 10.2. The van der Waals surface area contributed by atoms with Crippen LogP contribution in [-0.2, 0) is 0 Å². The SMILES string of the molecule is CCCCCCC[N+](CCCCCCC)(CCCCCCC)CCCCCCC.O=C([O-])O. The molecule has 0 fully saturated rings. The van der Waals surface area contributed by atoms with Gasteiger partial charge in [0.2, 0.25) is 6.16 Å². The Kier molecular flexibility index (Phi) is 28.6. The fourth-order valence-electron chi connectivity index (χ4n) is 4.87. The van der Waals surface area contributed by atoms with Crippen molar-refractivity contribution in [2.24, 2.45) is 0 Å². The maximum Gasteiger partial charge on any atom is 0.249 e. The molecule has 0 aliphatic heterocycles. The summed E-state index contributed by atoms with van der Waals surface area (Å²) >= 11 is 0. The average Bonchev–Trinajstić information content (AvgIpc) is 2.78. The van der Waals surface area contributed by atoms with Gasteiger partial charge < -0.3 is 19.5 Å². The highest BCUT2D eigenvalue weighted by Crippen LogP contribution is 2.20. The highest BCUT2D eigenvalue weighted by atomic mass is 16.6. The number of quaternary nitrogens is 1. The summed E-state index contributed by atoms with van der Waals surface area (Å²) in [4.78, 5) is 8.44. The minimum atomic E-state index is -2.08. The number of hydrogen-bond donors (Lipinski definition) is 1. The third-order valence-electron chi connectivity index (χ3n) is 6.94. The van der Waals surface area contributed by atoms with Crippen molar-refractivity contribution in [2.45, 2.75) is 156 Å². The Labute approximate surface area is 208 Å². The van der Waals surface area contributed by atoms with Crippen LogP contribution in [0.2, 0.25) is 0 Å². The van der Waals surface area contributed by atoms with Gasteiger partial charge in [-0.1, -0.05) is 105 Å². The van der Waals surface area contributed by atoms with E-state index in [4.69, 9.17) is 15.0 Å². The molecule has 0 atom stereocenters. The van der Waals surface area contributed by atoms with Crippen molar-refractivity contribution in [3.63, 3.8) is 0 Å². The van der Waals surface area contributed by atoms with E-state index in [1.807, 2.05) is 0 Å². The van der Waals surface area contributed by atoms with Crippen LogP contribution < -0.4 is 5.11 Å². The molecule has 4 nitrogen and oxygen atoms in total. The van der Waals surface area contributed by atoms with Gasteiger partial charge in [0.15, 0.2) is 0 Å². The van der Waals surface area contributed by atoms with E-state index in [2.05, 4.69) is 27.7 Å². The Bertz CT molecular complexity index is 322. The second-order valence-corrected chi connectivity index (χ2v) is 10.2. The Morgan fingerprint density at radius 3 is 0.848 bits per heavy atom. The van der Waals surface area contributed by atoms with E-state index in [1.54, 1.807) is 0 Å². The highest BCUT2D eigenvalue weighted by molar-refractivity contribution is 5.50. The summed E-state index contributed by atoms with van der Waals surface area (Å²) < 4.78 is 1.47. The molecule has 0 aliphatic carbocycles. The van der Waals surface area contributed by atoms with Gasteiger partial charge in [0.05, 0.1) is 26.2 Å². The standard InChI is InChI=1S/C28H60N.CH2O3/c1-5-9-13-17-21-25-29(26-22-18-14-10-6-2,27-23-19-15-11-7-3)28-24-20-16-12-8-4;2-1(3)4/h5-28H2,1-4H3;(H2,2,3,4)/q+1;/p-1. The maximum absolute atomic E-state index is 8.44. The Morgan fingerprint density at radius 1 is 0.485 bits per heavy atom. The van der Waals surface area contributed by atoms with Crippen molar-refractivity contribution in [3.05, 3.63) is 0 Å². The fourth-order valence-corrected chi connectivity index (χ4v) is 4.87. The monoisotopic (exact) mass is 471 g/mol. The molecular formula is C29H61NO3. The van der Waals surface area contributed by atoms with Crippen molar-refractivity contribution in [2.75, 3.05) is 26.2 Å². The molecule has 0 spiro atoms. The smallest absolute Gasteiger partial charge is 0.249 e. The Balaban J connectivity index is 0. The minimum absolute atomic E-state index is 1.37. The van der Waals surface area contributed by atoms with Crippen molar-refractivity contribution in [3.8, 4) is 0 Å². The van der Waals surface area contributed by atoms with Gasteiger partial charge in [0, 0.05) is 0 Å². The summed E-state index contributed by atoms with van der Waals surface area (Å²) in [5.41, 5.74) is 0. The van der Waals surface area contributed by atoms with Crippen molar-refractivity contribution in [1.29, 1.82) is 0 Å². The first-order valence-corrected chi connectivity index (χ1v) is 14.7. The van der Waals surface area contributed by atoms with E-state index in [9.17, 15) is 0 Å². The maximum atomic E-state index is 8.44. The van der Waals surface area contributed by atoms with Gasteiger partial charge in [-0.3, -0.25) is 0 Å². The molecule has 0 heterocycles. The van der Waals surface area contributed by atoms with Gasteiger partial charge >= 0.3 is 0 Å². The van der Waals surface area contributed by atoms with Crippen LogP contribution in [0.5, 0.6) is 0 Å². The number of nitrogens with zero attached hydrogens (tertiary/aromatic N) is 1. The average molecular weight is 472 g/mol. The largest absolute Gasteiger partial charge is 0.565 e. The lowest BCUT2D eigenvalue weighted by atomic mass is 10.1. The molecule has 0 aromatic rings. The number of rotatable bonds is 24. The summed E-state index contributed by atoms with van der Waals surface area (Å²) in [6, 6.07) is 0. The van der Waals surface area contributed by atoms with E-state index < -0.39 is 6.16 Å². The fraction of sp³-hybridized carbons (Fsp3) is 0.966. The van der Waals surface area contributed by atoms with Crippen LogP contribution >= 0.6 is 0 Å². The van der Waals surface area contributed by atoms with Crippen LogP contribution in [0, 0.1) is 0 Å². The summed E-state index contributed by atoms with van der Waals surface area (Å²) in [5, 5.41) is 15.3. The third-order valence-corrected chi connectivity index (χ3v) is 6.94. The zero-order chi connectivity index (χ0) is 25.0. The first-order chi connectivity index (χ1) is 16.0. The molecule has 1 N–H and O–H groups in total. The van der Waals surface area contributed by atoms with Crippen LogP contribution in [0.25, 0.3) is 0 Å². The third kappa shape index (κ3) is 27.4. The van der Waals surface area contributed by atoms with E-state index in [1.165, 1.54) is 159 Å². The summed E-state index contributed by atoms with van der Waals surface area (Å²) in [6.45, 7) is 15.2. The molecule has 0 aliphatic rings. The van der Waals surface area contributed by atoms with Gasteiger partial charge in [0.25, 0.3) is 0 Å². The van der Waals surface area contributed by atoms with Gasteiger partial charge in [-0.2, -0.15) is 0 Å². The molecular weight excluding hydrogens is 410 g/mol. The quantitative estimate of drug-likeness (QED) is 0.113. The number of carbonyl (C=O) groups is 1. The molecule has 0 bridgehead atoms. The highest BCUT2D eigenvalue weighted by Gasteiger charge is 2.25. The lowest BCUT2D eigenvalue weighted by Crippen LogP contribution is -2.50. The number of unbranched alkanes of at least 4 members (excludes halogenated alkanes) is 16. The molecule has 0 saturated heterocycles. The molecule has 33 heavy (non-hydrogen) atoms. The van der Waals surface area contributed by atoms with Crippen molar-refractivity contribution in [1.82, 2.24) is 0 Å². The van der Waals surface area contributed by atoms with E-state index in [-0.39, 0.29) is 0 Å². The zero-order valence-electron chi connectivity index (χ0n) is 23.2. The van der Waals surface area contributed by atoms with Gasteiger partial charge in [-0.15, -0.1) is 0 Å². The lowest BCUT2D eigenvalue weighted by molar-refractivity contribution is -0.929. The lowest BCUT2D eigenvalue weighted by Gasteiger charge is -2.39. The number of carboxylic acid groups (broad SMARTS) is 2. The predicted octanol–water partition coefficient (Wildman–Crippen LogP) is 8.57. The zero-order valence-corrected chi connectivity index (χ0v) is 23.2. The van der Waals surface area contributed by atoms with Crippen LogP contribution in [0.4, 0.5) is 4.79 Å². The summed E-state index contributed by atoms with van der Waals surface area (Å²) in [7, 11) is 0. The number of hydrogen-bond acceptors (Lipinski definition) is 2. The van der Waals surface area contributed by atoms with Gasteiger partial charge in [-0.25, -0.2) is 0 Å². The molecule has 0 aromatic carbocycles. The summed E-state index contributed by atoms with van der Waals surface area (Å²) in [6.07, 6.45) is 26.7. The van der Waals surface area contributed by atoms with Gasteiger partial charge in [-0.05, 0) is 51.4 Å². The van der Waals surface area contributed by atoms with Gasteiger partial charge in [0.1, 0.15) is 0 Å². The molecule has 0 unspecified atom stereocenters. The normalized spacial score (nSPS) is 11.3. The minimum Gasteiger partial charge on any atom is -0.565 e. The Morgan fingerprint density at radius 2 is 0.667 bits per heavy atom. The van der Waals surface area contributed by atoms with E-state index >= 15 is 0 Å². The molecule has 0 rings (SSSR count). The molecule has 0 amide bonds. The van der Waals surface area contributed by atoms with Crippen molar-refractivity contribution >= 4 is 6.16 Å². The Hall–Kier alpha value is -0.770. The molecule has 200 valence electrons. The van der Waals surface area contributed by atoms with Crippen LogP contribution in [0.1, 0.15) is 156 Å². The van der Waals surface area contributed by atoms with E-state index in [0.717, 1.165) is 0 Å². The first-order valence-electron chi connectivity index (χ1n) is 14.7. The first kappa shape index (κ1) is 34.4. The predicted molar refractivity (Wildman–Crippen MR) is 143 cm³/mol. The topological polar surface area (TPSA) is 60.4 Å². The van der Waals surface area contributed by atoms with Crippen LogP contribution in [0.15, 0.2) is 0 Å². The molecule has 4 heteroatoms. The van der Waals surface area contributed by atoms with Crippen LogP contribution in [0.3, 0.4) is 0 Å². The second kappa shape index (κ2) is 27.5. The summed E-state index contributed by atoms with van der Waals surface area (Å²) in [5.74, 6) is 0. The van der Waals surface area contributed by atoms with E-state index in [0.29, 0.717) is 0 Å². The molecule has 0 radical (unpaired) electrons. The van der Waals surface area contributed by atoms with Crippen molar-refractivity contribution < 1.29 is 19.5 Å². The van der Waals surface area contributed by atoms with Crippen LogP contribution in [-0.4, -0.2) is 41.9 Å².